The molecule has 2 unspecified atom stereocenters. The molecule has 1 aromatic rings. The molecule has 17 heavy (non-hydrogen) atoms. The minimum atomic E-state index is 0.192. The second-order valence-electron chi connectivity index (χ2n) is 4.73. The fourth-order valence-electron chi connectivity index (χ4n) is 2.23. The molecule has 0 bridgehead atoms. The maximum atomic E-state index is 5.66. The number of ether oxygens (including phenoxy) is 1. The Labute approximate surface area is 103 Å². The van der Waals surface area contributed by atoms with E-state index in [4.69, 9.17) is 10.5 Å². The van der Waals surface area contributed by atoms with Gasteiger partial charge in [0.05, 0.1) is 12.7 Å². The van der Waals surface area contributed by atoms with Gasteiger partial charge in [-0.3, -0.25) is 9.58 Å². The molecular formula is C12H22N4O. The average Bonchev–Trinajstić information content (AvgIpc) is 2.74. The minimum Gasteiger partial charge on any atom is -0.374 e. The average molecular weight is 238 g/mol. The quantitative estimate of drug-likeness (QED) is 0.803. The zero-order chi connectivity index (χ0) is 12.3. The van der Waals surface area contributed by atoms with Gasteiger partial charge >= 0.3 is 0 Å². The molecule has 2 heterocycles. The molecule has 0 amide bonds. The maximum Gasteiger partial charge on any atom is 0.0824 e. The number of morpholine rings is 1. The van der Waals surface area contributed by atoms with E-state index >= 15 is 0 Å². The van der Waals surface area contributed by atoms with Crippen LogP contribution in [-0.2, 0) is 18.2 Å². The highest BCUT2D eigenvalue weighted by atomic mass is 16.5. The smallest absolute Gasteiger partial charge is 0.0824 e. The van der Waals surface area contributed by atoms with Crippen LogP contribution in [0.4, 0.5) is 0 Å². The first-order valence-corrected chi connectivity index (χ1v) is 6.23. The third-order valence-electron chi connectivity index (χ3n) is 3.48. The van der Waals surface area contributed by atoms with Gasteiger partial charge in [-0.05, 0) is 13.0 Å². The van der Waals surface area contributed by atoms with Crippen LogP contribution < -0.4 is 5.73 Å². The van der Waals surface area contributed by atoms with Crippen LogP contribution in [0.15, 0.2) is 12.3 Å². The molecule has 0 aliphatic carbocycles. The molecule has 1 aliphatic rings. The van der Waals surface area contributed by atoms with E-state index in [-0.39, 0.29) is 6.10 Å². The van der Waals surface area contributed by atoms with E-state index in [9.17, 15) is 0 Å². The Kier molecular flexibility index (Phi) is 4.15. The first kappa shape index (κ1) is 12.5. The van der Waals surface area contributed by atoms with Gasteiger partial charge in [-0.25, -0.2) is 0 Å². The third-order valence-corrected chi connectivity index (χ3v) is 3.48. The van der Waals surface area contributed by atoms with Crippen molar-refractivity contribution in [3.63, 3.8) is 0 Å². The molecule has 0 saturated carbocycles. The standard InChI is InChI=1S/C12H22N4O/c1-10-9-17-12(7-13)8-16(10)6-4-11-3-5-14-15(11)2/h3,5,10,12H,4,6-9,13H2,1-2H3. The van der Waals surface area contributed by atoms with Crippen LogP contribution in [-0.4, -0.2) is 53.1 Å². The van der Waals surface area contributed by atoms with Gasteiger partial charge in [-0.2, -0.15) is 5.10 Å². The summed E-state index contributed by atoms with van der Waals surface area (Å²) in [5, 5.41) is 4.18. The molecule has 2 rings (SSSR count). The zero-order valence-electron chi connectivity index (χ0n) is 10.7. The summed E-state index contributed by atoms with van der Waals surface area (Å²) in [7, 11) is 1.99. The van der Waals surface area contributed by atoms with Crippen LogP contribution in [0.25, 0.3) is 0 Å². The van der Waals surface area contributed by atoms with Crippen LogP contribution in [0, 0.1) is 0 Å². The number of hydrogen-bond donors (Lipinski definition) is 1. The summed E-state index contributed by atoms with van der Waals surface area (Å²) in [6.45, 7) is 5.58. The van der Waals surface area contributed by atoms with Crippen LogP contribution >= 0.6 is 0 Å². The molecular weight excluding hydrogens is 216 g/mol. The Morgan fingerprint density at radius 3 is 3.06 bits per heavy atom. The third kappa shape index (κ3) is 3.06. The highest BCUT2D eigenvalue weighted by molar-refractivity contribution is 5.00. The number of aryl methyl sites for hydroxylation is 1. The topological polar surface area (TPSA) is 56.3 Å². The van der Waals surface area contributed by atoms with E-state index in [0.717, 1.165) is 26.1 Å². The molecule has 5 nitrogen and oxygen atoms in total. The highest BCUT2D eigenvalue weighted by Gasteiger charge is 2.24. The summed E-state index contributed by atoms with van der Waals surface area (Å²) in [6.07, 6.45) is 3.07. The molecule has 0 aromatic carbocycles. The lowest BCUT2D eigenvalue weighted by atomic mass is 10.1. The predicted molar refractivity (Wildman–Crippen MR) is 66.7 cm³/mol. The lowest BCUT2D eigenvalue weighted by molar-refractivity contribution is -0.0530. The zero-order valence-corrected chi connectivity index (χ0v) is 10.7. The summed E-state index contributed by atoms with van der Waals surface area (Å²) < 4.78 is 7.58. The molecule has 5 heteroatoms. The van der Waals surface area contributed by atoms with Crippen molar-refractivity contribution in [3.05, 3.63) is 18.0 Å². The Bertz CT molecular complexity index is 352. The molecule has 2 N–H and O–H groups in total. The Hall–Kier alpha value is -0.910. The molecule has 1 fully saturated rings. The van der Waals surface area contributed by atoms with Gasteiger partial charge in [0.2, 0.25) is 0 Å². The van der Waals surface area contributed by atoms with Gasteiger partial charge in [0, 0.05) is 51.0 Å². The first-order valence-electron chi connectivity index (χ1n) is 6.23. The second-order valence-corrected chi connectivity index (χ2v) is 4.73. The summed E-state index contributed by atoms with van der Waals surface area (Å²) in [4.78, 5) is 2.45. The first-order chi connectivity index (χ1) is 8.20. The molecule has 1 aliphatic heterocycles. The highest BCUT2D eigenvalue weighted by Crippen LogP contribution is 2.12. The van der Waals surface area contributed by atoms with E-state index in [2.05, 4.69) is 23.0 Å². The Morgan fingerprint density at radius 2 is 2.41 bits per heavy atom. The van der Waals surface area contributed by atoms with Crippen LogP contribution in [0.1, 0.15) is 12.6 Å². The van der Waals surface area contributed by atoms with Crippen molar-refractivity contribution in [1.82, 2.24) is 14.7 Å². The normalized spacial score (nSPS) is 26.3. The molecule has 1 aromatic heterocycles. The fourth-order valence-corrected chi connectivity index (χ4v) is 2.23. The van der Waals surface area contributed by atoms with E-state index < -0.39 is 0 Å². The van der Waals surface area contributed by atoms with Crippen LogP contribution in [0.3, 0.4) is 0 Å². The SMILES string of the molecule is CC1COC(CN)CN1CCc1ccnn1C. The number of nitrogens with two attached hydrogens (primary N) is 1. The van der Waals surface area contributed by atoms with Gasteiger partial charge in [-0.15, -0.1) is 0 Å². The molecule has 96 valence electrons. The van der Waals surface area contributed by atoms with Gasteiger partial charge in [0.25, 0.3) is 0 Å². The van der Waals surface area contributed by atoms with Gasteiger partial charge < -0.3 is 10.5 Å². The van der Waals surface area contributed by atoms with Crippen LogP contribution in [0.2, 0.25) is 0 Å². The molecule has 2 atom stereocenters. The number of nitrogens with zero attached hydrogens (tertiary/aromatic N) is 3. The summed E-state index contributed by atoms with van der Waals surface area (Å²) in [5.74, 6) is 0. The van der Waals surface area contributed by atoms with Crippen molar-refractivity contribution in [1.29, 1.82) is 0 Å². The van der Waals surface area contributed by atoms with Crippen molar-refractivity contribution in [3.8, 4) is 0 Å². The van der Waals surface area contributed by atoms with E-state index in [1.54, 1.807) is 0 Å². The summed E-state index contributed by atoms with van der Waals surface area (Å²) in [5.41, 5.74) is 6.93. The number of hydrogen-bond acceptors (Lipinski definition) is 4. The van der Waals surface area contributed by atoms with Crippen molar-refractivity contribution in [2.75, 3.05) is 26.2 Å². The van der Waals surface area contributed by atoms with E-state index in [1.165, 1.54) is 5.69 Å². The number of rotatable bonds is 4. The van der Waals surface area contributed by atoms with Crippen molar-refractivity contribution in [2.24, 2.45) is 12.8 Å². The largest absolute Gasteiger partial charge is 0.374 e. The second kappa shape index (κ2) is 5.62. The molecule has 1 saturated heterocycles. The molecule has 0 radical (unpaired) electrons. The van der Waals surface area contributed by atoms with E-state index in [0.29, 0.717) is 12.6 Å². The van der Waals surface area contributed by atoms with E-state index in [1.807, 2.05) is 17.9 Å². The lowest BCUT2D eigenvalue weighted by Crippen LogP contribution is -2.51. The fraction of sp³-hybridized carbons (Fsp3) is 0.750. The van der Waals surface area contributed by atoms with Crippen molar-refractivity contribution in [2.45, 2.75) is 25.5 Å². The Morgan fingerprint density at radius 1 is 1.59 bits per heavy atom. The monoisotopic (exact) mass is 238 g/mol. The Balaban J connectivity index is 1.87. The van der Waals surface area contributed by atoms with Crippen molar-refractivity contribution < 1.29 is 4.74 Å². The summed E-state index contributed by atoms with van der Waals surface area (Å²) >= 11 is 0. The van der Waals surface area contributed by atoms with Gasteiger partial charge in [0.15, 0.2) is 0 Å². The predicted octanol–water partition coefficient (Wildman–Crippen LogP) is 0.0106. The van der Waals surface area contributed by atoms with Gasteiger partial charge in [-0.1, -0.05) is 0 Å². The minimum absolute atomic E-state index is 0.192. The van der Waals surface area contributed by atoms with Gasteiger partial charge in [0.1, 0.15) is 0 Å². The number of aromatic nitrogens is 2. The van der Waals surface area contributed by atoms with Crippen LogP contribution in [0.5, 0.6) is 0 Å². The lowest BCUT2D eigenvalue weighted by Gasteiger charge is -2.37. The molecule has 0 spiro atoms. The maximum absolute atomic E-state index is 5.66. The summed E-state index contributed by atoms with van der Waals surface area (Å²) in [6, 6.07) is 2.55. The van der Waals surface area contributed by atoms with Crippen molar-refractivity contribution >= 4 is 0 Å².